The normalized spacial score (nSPS) is 9.91. The van der Waals surface area contributed by atoms with Crippen LogP contribution in [0.1, 0.15) is 0 Å². The second-order valence-electron chi connectivity index (χ2n) is 2.03. The van der Waals surface area contributed by atoms with Crippen molar-refractivity contribution in [3.05, 3.63) is 6.20 Å². The van der Waals surface area contributed by atoms with E-state index in [2.05, 4.69) is 10.5 Å². The van der Waals surface area contributed by atoms with E-state index >= 15 is 0 Å². The number of aliphatic hydroxyl groups is 1. The van der Waals surface area contributed by atoms with Crippen molar-refractivity contribution in [1.29, 1.82) is 0 Å². The molecule has 0 amide bonds. The highest BCUT2D eigenvalue weighted by atomic mass is 16.3. The fraction of sp³-hybridized carbons (Fsp3) is 0.400. The Kier molecular flexibility index (Phi) is 2.17. The summed E-state index contributed by atoms with van der Waals surface area (Å²) in [6.07, 6.45) is 1.44. The van der Waals surface area contributed by atoms with E-state index in [1.165, 1.54) is 11.0 Å². The topological polar surface area (TPSA) is 102 Å². The molecule has 62 valence electrons. The first kappa shape index (κ1) is 7.67. The molecule has 11 heavy (non-hydrogen) atoms. The minimum atomic E-state index is 0.0270. The van der Waals surface area contributed by atoms with E-state index in [0.29, 0.717) is 18.1 Å². The highest BCUT2D eigenvalue weighted by molar-refractivity contribution is 5.57. The average molecular weight is 157 g/mol. The maximum Gasteiger partial charge on any atom is 0.168 e. The molecule has 0 atom stereocenters. The Morgan fingerprint density at radius 3 is 2.82 bits per heavy atom. The predicted molar refractivity (Wildman–Crippen MR) is 42.4 cm³/mol. The molecule has 6 nitrogen and oxygen atoms in total. The van der Waals surface area contributed by atoms with Crippen molar-refractivity contribution >= 4 is 11.5 Å². The summed E-state index contributed by atoms with van der Waals surface area (Å²) in [6.45, 7) is 0.421. The van der Waals surface area contributed by atoms with Gasteiger partial charge < -0.3 is 22.0 Å². The van der Waals surface area contributed by atoms with Crippen LogP contribution in [0.15, 0.2) is 6.20 Å². The van der Waals surface area contributed by atoms with Crippen molar-refractivity contribution in [1.82, 2.24) is 9.89 Å². The van der Waals surface area contributed by atoms with Crippen molar-refractivity contribution in [2.45, 2.75) is 0 Å². The number of anilines is 2. The van der Waals surface area contributed by atoms with Gasteiger partial charge >= 0.3 is 0 Å². The van der Waals surface area contributed by atoms with Crippen LogP contribution < -0.4 is 16.9 Å². The van der Waals surface area contributed by atoms with Crippen molar-refractivity contribution in [2.75, 3.05) is 30.0 Å². The van der Waals surface area contributed by atoms with Crippen LogP contribution in [-0.2, 0) is 0 Å². The van der Waals surface area contributed by atoms with Gasteiger partial charge in [-0.15, -0.1) is 0 Å². The molecule has 6 N–H and O–H groups in total. The monoisotopic (exact) mass is 157 g/mol. The summed E-state index contributed by atoms with van der Waals surface area (Å²) in [6, 6.07) is 0. The van der Waals surface area contributed by atoms with E-state index in [9.17, 15) is 0 Å². The van der Waals surface area contributed by atoms with Crippen LogP contribution in [0, 0.1) is 0 Å². The van der Waals surface area contributed by atoms with E-state index in [1.54, 1.807) is 0 Å². The minimum absolute atomic E-state index is 0.0270. The van der Waals surface area contributed by atoms with Gasteiger partial charge in [0.2, 0.25) is 0 Å². The van der Waals surface area contributed by atoms with Crippen LogP contribution in [0.2, 0.25) is 0 Å². The molecule has 0 saturated carbocycles. The first-order chi connectivity index (χ1) is 5.25. The molecule has 1 rings (SSSR count). The molecule has 0 spiro atoms. The van der Waals surface area contributed by atoms with Crippen LogP contribution in [0.3, 0.4) is 0 Å². The second kappa shape index (κ2) is 3.11. The summed E-state index contributed by atoms with van der Waals surface area (Å²) >= 11 is 0. The average Bonchev–Trinajstić information content (AvgIpc) is 2.31. The largest absolute Gasteiger partial charge is 0.394 e. The van der Waals surface area contributed by atoms with Crippen molar-refractivity contribution in [3.8, 4) is 0 Å². The summed E-state index contributed by atoms with van der Waals surface area (Å²) in [5, 5.41) is 12.2. The van der Waals surface area contributed by atoms with Gasteiger partial charge in [0, 0.05) is 0 Å². The Labute approximate surface area is 63.8 Å². The Morgan fingerprint density at radius 1 is 1.64 bits per heavy atom. The summed E-state index contributed by atoms with van der Waals surface area (Å²) in [4.78, 5) is 1.32. The van der Waals surface area contributed by atoms with Crippen molar-refractivity contribution in [2.24, 2.45) is 0 Å². The molecule has 0 bridgehead atoms. The third-order valence-electron chi connectivity index (χ3n) is 1.21. The molecule has 0 radical (unpaired) electrons. The second-order valence-corrected chi connectivity index (χ2v) is 2.03. The fourth-order valence-corrected chi connectivity index (χ4v) is 0.652. The molecule has 1 aromatic rings. The Morgan fingerprint density at radius 2 is 2.36 bits per heavy atom. The summed E-state index contributed by atoms with van der Waals surface area (Å²) < 4.78 is 0. The molecule has 0 saturated heterocycles. The molecule has 0 unspecified atom stereocenters. The number of aromatic nitrogens is 2. The first-order valence-electron chi connectivity index (χ1n) is 3.19. The lowest BCUT2D eigenvalue weighted by Crippen LogP contribution is -2.21. The quantitative estimate of drug-likeness (QED) is 0.431. The van der Waals surface area contributed by atoms with Gasteiger partial charge in [-0.1, -0.05) is 0 Å². The maximum absolute atomic E-state index is 8.45. The molecular weight excluding hydrogens is 146 g/mol. The van der Waals surface area contributed by atoms with Crippen LogP contribution in [-0.4, -0.2) is 28.1 Å². The number of nitrogen functional groups attached to an aromatic ring is 2. The number of hydrogen-bond donors (Lipinski definition) is 4. The van der Waals surface area contributed by atoms with E-state index in [-0.39, 0.29) is 6.61 Å². The molecule has 0 aromatic carbocycles. The molecule has 1 heterocycles. The maximum atomic E-state index is 8.45. The van der Waals surface area contributed by atoms with E-state index < -0.39 is 0 Å². The van der Waals surface area contributed by atoms with Crippen molar-refractivity contribution in [3.63, 3.8) is 0 Å². The van der Waals surface area contributed by atoms with Gasteiger partial charge in [-0.3, -0.25) is 0 Å². The summed E-state index contributed by atoms with van der Waals surface area (Å²) in [5.74, 6) is 0.360. The van der Waals surface area contributed by atoms with Gasteiger partial charge in [0.15, 0.2) is 5.82 Å². The van der Waals surface area contributed by atoms with Gasteiger partial charge in [0.25, 0.3) is 0 Å². The zero-order valence-electron chi connectivity index (χ0n) is 5.99. The zero-order chi connectivity index (χ0) is 8.27. The molecular formula is C5H11N5O. The number of nitrogens with two attached hydrogens (primary N) is 2. The minimum Gasteiger partial charge on any atom is -0.394 e. The lowest BCUT2D eigenvalue weighted by Gasteiger charge is -2.04. The van der Waals surface area contributed by atoms with Gasteiger partial charge in [0.1, 0.15) is 0 Å². The van der Waals surface area contributed by atoms with Gasteiger partial charge in [-0.25, -0.2) is 0 Å². The number of hydrogen-bond acceptors (Lipinski definition) is 5. The van der Waals surface area contributed by atoms with Gasteiger partial charge in [0.05, 0.1) is 25.0 Å². The molecule has 1 aromatic heterocycles. The van der Waals surface area contributed by atoms with Crippen LogP contribution in [0.25, 0.3) is 0 Å². The fourth-order valence-electron chi connectivity index (χ4n) is 0.652. The Balaban J connectivity index is 2.63. The highest BCUT2D eigenvalue weighted by Crippen LogP contribution is 2.09. The molecule has 0 fully saturated rings. The highest BCUT2D eigenvalue weighted by Gasteiger charge is 2.00. The smallest absolute Gasteiger partial charge is 0.168 e. The molecule has 0 aliphatic rings. The lowest BCUT2D eigenvalue weighted by atomic mass is 10.5. The SMILES string of the molecule is Nc1cnn(NCCO)c1N. The predicted octanol–water partition coefficient (Wildman–Crippen LogP) is -1.42. The van der Waals surface area contributed by atoms with E-state index in [4.69, 9.17) is 16.6 Å². The third-order valence-corrected chi connectivity index (χ3v) is 1.21. The van der Waals surface area contributed by atoms with Crippen LogP contribution >= 0.6 is 0 Å². The third kappa shape index (κ3) is 1.53. The van der Waals surface area contributed by atoms with Crippen LogP contribution in [0.5, 0.6) is 0 Å². The summed E-state index contributed by atoms with van der Waals surface area (Å²) in [7, 11) is 0. The standard InChI is InChI=1S/C5H11N5O/c6-4-3-9-10(5(4)7)8-1-2-11/h3,8,11H,1-2,6-7H2. The van der Waals surface area contributed by atoms with Crippen LogP contribution in [0.4, 0.5) is 11.5 Å². The molecule has 6 heteroatoms. The molecule has 0 aliphatic carbocycles. The Bertz CT molecular complexity index is 233. The summed E-state index contributed by atoms with van der Waals surface area (Å²) in [5.41, 5.74) is 14.0. The van der Waals surface area contributed by atoms with Crippen molar-refractivity contribution < 1.29 is 5.11 Å². The number of rotatable bonds is 3. The molecule has 0 aliphatic heterocycles. The van der Waals surface area contributed by atoms with E-state index in [1.807, 2.05) is 0 Å². The van der Waals surface area contributed by atoms with Gasteiger partial charge in [-0.2, -0.15) is 9.89 Å². The Hall–Kier alpha value is -1.43. The number of aliphatic hydroxyl groups excluding tert-OH is 1. The first-order valence-corrected chi connectivity index (χ1v) is 3.19. The lowest BCUT2D eigenvalue weighted by molar-refractivity contribution is 0.306. The number of nitrogens with zero attached hydrogens (tertiary/aromatic N) is 2. The number of nitrogens with one attached hydrogen (secondary N) is 1. The zero-order valence-corrected chi connectivity index (χ0v) is 5.99. The van der Waals surface area contributed by atoms with Gasteiger partial charge in [-0.05, 0) is 0 Å². The van der Waals surface area contributed by atoms with E-state index in [0.717, 1.165) is 0 Å².